The van der Waals surface area contributed by atoms with Crippen molar-refractivity contribution in [1.82, 2.24) is 15.0 Å². The summed E-state index contributed by atoms with van der Waals surface area (Å²) in [5.74, 6) is 1.69. The zero-order chi connectivity index (χ0) is 22.5. The highest BCUT2D eigenvalue weighted by Gasteiger charge is 2.27. The molecule has 0 bridgehead atoms. The number of nitrogens with zero attached hydrogens (tertiary/aromatic N) is 3. The number of aromatic nitrogens is 1. The molecule has 0 aliphatic carbocycles. The lowest BCUT2D eigenvalue weighted by atomic mass is 9.96. The summed E-state index contributed by atoms with van der Waals surface area (Å²) in [6.07, 6.45) is 0. The molecular weight excluding hydrogens is 410 g/mol. The van der Waals surface area contributed by atoms with Crippen LogP contribution in [-0.2, 0) is 6.54 Å². The van der Waals surface area contributed by atoms with Crippen molar-refractivity contribution in [2.24, 2.45) is 0 Å². The summed E-state index contributed by atoms with van der Waals surface area (Å²) < 4.78 is 11.1. The van der Waals surface area contributed by atoms with Crippen molar-refractivity contribution in [1.29, 1.82) is 0 Å². The zero-order valence-corrected chi connectivity index (χ0v) is 18.9. The van der Waals surface area contributed by atoms with Gasteiger partial charge in [0.2, 0.25) is 0 Å². The van der Waals surface area contributed by atoms with Gasteiger partial charge in [-0.1, -0.05) is 78.0 Å². The van der Waals surface area contributed by atoms with Gasteiger partial charge >= 0.3 is 0 Å². The second-order valence-corrected chi connectivity index (χ2v) is 8.41. The maximum absolute atomic E-state index is 5.67. The van der Waals surface area contributed by atoms with Crippen LogP contribution in [0.3, 0.4) is 0 Å². The Morgan fingerprint density at radius 3 is 2.06 bits per heavy atom. The molecule has 1 fully saturated rings. The zero-order valence-electron chi connectivity index (χ0n) is 18.9. The Balaban J connectivity index is 1.26. The average Bonchev–Trinajstić information content (AvgIpc) is 3.35. The Morgan fingerprint density at radius 1 is 0.818 bits per heavy atom. The molecule has 0 atom stereocenters. The Kier molecular flexibility index (Phi) is 6.51. The molecule has 0 radical (unpaired) electrons. The first kappa shape index (κ1) is 21.4. The Labute approximate surface area is 195 Å². The van der Waals surface area contributed by atoms with Crippen molar-refractivity contribution >= 4 is 0 Å². The fourth-order valence-corrected chi connectivity index (χ4v) is 4.66. The molecule has 5 heteroatoms. The molecule has 0 amide bonds. The van der Waals surface area contributed by atoms with Crippen LogP contribution in [-0.4, -0.2) is 48.2 Å². The van der Waals surface area contributed by atoms with E-state index >= 15 is 0 Å². The number of hydrogen-bond donors (Lipinski definition) is 0. The molecule has 5 rings (SSSR count). The molecule has 3 aromatic carbocycles. The molecular formula is C28H29N3O2. The van der Waals surface area contributed by atoms with E-state index in [0.29, 0.717) is 0 Å². The molecule has 0 saturated carbocycles. The predicted molar refractivity (Wildman–Crippen MR) is 130 cm³/mol. The van der Waals surface area contributed by atoms with E-state index < -0.39 is 0 Å². The first-order valence-corrected chi connectivity index (χ1v) is 11.5. The van der Waals surface area contributed by atoms with Crippen LogP contribution in [0, 0.1) is 0 Å². The van der Waals surface area contributed by atoms with Crippen LogP contribution in [0.2, 0.25) is 0 Å². The Morgan fingerprint density at radius 2 is 1.42 bits per heavy atom. The minimum atomic E-state index is 0.275. The van der Waals surface area contributed by atoms with E-state index in [-0.39, 0.29) is 6.04 Å². The van der Waals surface area contributed by atoms with Crippen LogP contribution in [0.5, 0.6) is 5.75 Å². The number of methoxy groups -OCH3 is 1. The van der Waals surface area contributed by atoms with E-state index in [2.05, 4.69) is 75.6 Å². The van der Waals surface area contributed by atoms with E-state index in [1.807, 2.05) is 30.3 Å². The monoisotopic (exact) mass is 439 g/mol. The second-order valence-electron chi connectivity index (χ2n) is 8.41. The van der Waals surface area contributed by atoms with E-state index in [1.165, 1.54) is 11.1 Å². The standard InChI is InChI=1S/C28H29N3O2/c1-32-27-15-9-8-14-25(27)26-20-24(33-29-26)21-30-16-18-31(19-17-30)28(22-10-4-2-5-11-22)23-12-6-3-7-13-23/h2-15,20,28H,16-19,21H2,1H3. The minimum Gasteiger partial charge on any atom is -0.496 e. The van der Waals surface area contributed by atoms with E-state index in [0.717, 1.165) is 55.5 Å². The number of piperazine rings is 1. The van der Waals surface area contributed by atoms with Gasteiger partial charge in [0.05, 0.1) is 19.7 Å². The summed E-state index contributed by atoms with van der Waals surface area (Å²) in [6, 6.07) is 31.8. The van der Waals surface area contributed by atoms with Gasteiger partial charge in [-0.15, -0.1) is 0 Å². The molecule has 0 unspecified atom stereocenters. The number of benzene rings is 3. The van der Waals surface area contributed by atoms with Crippen molar-refractivity contribution in [3.05, 3.63) is 108 Å². The van der Waals surface area contributed by atoms with E-state index in [4.69, 9.17) is 9.26 Å². The first-order chi connectivity index (χ1) is 16.3. The summed E-state index contributed by atoms with van der Waals surface area (Å²) in [7, 11) is 1.68. The minimum absolute atomic E-state index is 0.275. The van der Waals surface area contributed by atoms with Crippen molar-refractivity contribution in [3.63, 3.8) is 0 Å². The molecule has 33 heavy (non-hydrogen) atoms. The predicted octanol–water partition coefficient (Wildman–Crippen LogP) is 5.26. The van der Waals surface area contributed by atoms with Gasteiger partial charge in [0.25, 0.3) is 0 Å². The van der Waals surface area contributed by atoms with Gasteiger partial charge in [-0.3, -0.25) is 9.80 Å². The van der Waals surface area contributed by atoms with Crippen LogP contribution in [0.1, 0.15) is 22.9 Å². The van der Waals surface area contributed by atoms with Crippen LogP contribution in [0.4, 0.5) is 0 Å². The molecule has 0 N–H and O–H groups in total. The highest BCUT2D eigenvalue weighted by Crippen LogP contribution is 2.31. The number of ether oxygens (including phenoxy) is 1. The number of rotatable bonds is 7. The van der Waals surface area contributed by atoms with Crippen LogP contribution in [0.25, 0.3) is 11.3 Å². The van der Waals surface area contributed by atoms with Crippen molar-refractivity contribution in [2.75, 3.05) is 33.3 Å². The molecule has 2 heterocycles. The van der Waals surface area contributed by atoms with Crippen LogP contribution in [0.15, 0.2) is 95.5 Å². The third kappa shape index (κ3) is 4.85. The van der Waals surface area contributed by atoms with Crippen molar-refractivity contribution in [3.8, 4) is 17.0 Å². The normalized spacial score (nSPS) is 15.1. The number of para-hydroxylation sites is 1. The molecule has 1 aliphatic heterocycles. The number of hydrogen-bond acceptors (Lipinski definition) is 5. The third-order valence-corrected chi connectivity index (χ3v) is 6.32. The largest absolute Gasteiger partial charge is 0.496 e. The highest BCUT2D eigenvalue weighted by molar-refractivity contribution is 5.66. The Bertz CT molecular complexity index is 1110. The van der Waals surface area contributed by atoms with Crippen LogP contribution < -0.4 is 4.74 Å². The van der Waals surface area contributed by atoms with E-state index in [9.17, 15) is 0 Å². The smallest absolute Gasteiger partial charge is 0.151 e. The molecule has 5 nitrogen and oxygen atoms in total. The molecule has 1 saturated heterocycles. The average molecular weight is 440 g/mol. The van der Waals surface area contributed by atoms with E-state index in [1.54, 1.807) is 7.11 Å². The third-order valence-electron chi connectivity index (χ3n) is 6.32. The maximum atomic E-state index is 5.67. The van der Waals surface area contributed by atoms with Crippen LogP contribution >= 0.6 is 0 Å². The van der Waals surface area contributed by atoms with Gasteiger partial charge in [-0.25, -0.2) is 0 Å². The van der Waals surface area contributed by atoms with Gasteiger partial charge < -0.3 is 9.26 Å². The molecule has 4 aromatic rings. The molecule has 0 spiro atoms. The molecule has 1 aromatic heterocycles. The molecule has 168 valence electrons. The summed E-state index contributed by atoms with van der Waals surface area (Å²) in [5, 5.41) is 4.29. The lowest BCUT2D eigenvalue weighted by Gasteiger charge is -2.39. The SMILES string of the molecule is COc1ccccc1-c1cc(CN2CCN(C(c3ccccc3)c3ccccc3)CC2)on1. The summed E-state index contributed by atoms with van der Waals surface area (Å²) >= 11 is 0. The van der Waals surface area contributed by atoms with Gasteiger partial charge in [0.15, 0.2) is 5.76 Å². The summed E-state index contributed by atoms with van der Waals surface area (Å²) in [4.78, 5) is 5.03. The topological polar surface area (TPSA) is 41.7 Å². The van der Waals surface area contributed by atoms with Crippen molar-refractivity contribution < 1.29 is 9.26 Å². The Hall–Kier alpha value is -3.41. The lowest BCUT2D eigenvalue weighted by molar-refractivity contribution is 0.0980. The quantitative estimate of drug-likeness (QED) is 0.393. The highest BCUT2D eigenvalue weighted by atomic mass is 16.5. The van der Waals surface area contributed by atoms with Gasteiger partial charge in [0.1, 0.15) is 11.4 Å². The summed E-state index contributed by atoms with van der Waals surface area (Å²) in [6.45, 7) is 4.74. The summed E-state index contributed by atoms with van der Waals surface area (Å²) in [5.41, 5.74) is 4.45. The van der Waals surface area contributed by atoms with Gasteiger partial charge in [-0.2, -0.15) is 0 Å². The van der Waals surface area contributed by atoms with Gasteiger partial charge in [0, 0.05) is 37.8 Å². The van der Waals surface area contributed by atoms with Gasteiger partial charge in [-0.05, 0) is 23.3 Å². The fraction of sp³-hybridized carbons (Fsp3) is 0.250. The fourth-order valence-electron chi connectivity index (χ4n) is 4.66. The van der Waals surface area contributed by atoms with Crippen molar-refractivity contribution in [2.45, 2.75) is 12.6 Å². The second kappa shape index (κ2) is 10.0. The first-order valence-electron chi connectivity index (χ1n) is 11.5. The lowest BCUT2D eigenvalue weighted by Crippen LogP contribution is -2.47. The molecule has 1 aliphatic rings. The maximum Gasteiger partial charge on any atom is 0.151 e.